The van der Waals surface area contributed by atoms with Crippen LogP contribution >= 0.6 is 11.6 Å². The van der Waals surface area contributed by atoms with E-state index < -0.39 is 15.6 Å². The second kappa shape index (κ2) is 8.80. The van der Waals surface area contributed by atoms with Gasteiger partial charge in [-0.2, -0.15) is 0 Å². The first-order chi connectivity index (χ1) is 15.8. The van der Waals surface area contributed by atoms with Crippen LogP contribution in [-0.4, -0.2) is 35.5 Å². The van der Waals surface area contributed by atoms with E-state index in [1.807, 2.05) is 0 Å². The van der Waals surface area contributed by atoms with E-state index in [0.717, 1.165) is 0 Å². The van der Waals surface area contributed by atoms with Crippen LogP contribution in [0.2, 0.25) is 5.02 Å². The van der Waals surface area contributed by atoms with E-state index in [2.05, 4.69) is 0 Å². The summed E-state index contributed by atoms with van der Waals surface area (Å²) in [5, 5.41) is 0.441. The van der Waals surface area contributed by atoms with Crippen LogP contribution in [-0.2, 0) is 9.84 Å². The number of fused-ring (bicyclic) bond motifs is 1. The number of hydrogen-bond acceptors (Lipinski definition) is 7. The third-order valence-electron chi connectivity index (χ3n) is 5.21. The van der Waals surface area contributed by atoms with Crippen LogP contribution in [0.4, 0.5) is 11.4 Å². The molecule has 1 aliphatic rings. The molecule has 33 heavy (non-hydrogen) atoms. The molecule has 0 radical (unpaired) electrons. The Hall–Kier alpha value is -3.49. The van der Waals surface area contributed by atoms with E-state index in [4.69, 9.17) is 25.8 Å². The number of ketones is 1. The average Bonchev–Trinajstić information content (AvgIpc) is 2.83. The summed E-state index contributed by atoms with van der Waals surface area (Å²) in [7, 11) is 0.390. The number of allylic oxidation sites excluding steroid dienone is 1. The van der Waals surface area contributed by atoms with E-state index in [9.17, 15) is 13.2 Å². The van der Waals surface area contributed by atoms with E-state index in [1.54, 1.807) is 35.2 Å². The molecule has 170 valence electrons. The molecule has 0 saturated carbocycles. The SMILES string of the molecule is COc1cc(N2C=C(C(=O)c3ccc(Cl)cc3)S(=O)(=O)c3ccccc32)cc(OC)c1OC. The summed E-state index contributed by atoms with van der Waals surface area (Å²) in [4.78, 5) is 14.5. The number of carbonyl (C=O) groups excluding carboxylic acids is 1. The fraction of sp³-hybridized carbons (Fsp3) is 0.125. The number of hydrogen-bond donors (Lipinski definition) is 0. The summed E-state index contributed by atoms with van der Waals surface area (Å²) in [6, 6.07) is 15.9. The second-order valence-electron chi connectivity index (χ2n) is 7.05. The molecule has 0 amide bonds. The van der Waals surface area contributed by atoms with Gasteiger partial charge in [0.25, 0.3) is 0 Å². The smallest absolute Gasteiger partial charge is 0.214 e. The lowest BCUT2D eigenvalue weighted by atomic mass is 10.1. The van der Waals surface area contributed by atoms with Crippen molar-refractivity contribution in [1.82, 2.24) is 0 Å². The van der Waals surface area contributed by atoms with Gasteiger partial charge in [-0.1, -0.05) is 23.7 Å². The molecule has 0 saturated heterocycles. The molecule has 3 aromatic rings. The molecule has 0 aromatic heterocycles. The summed E-state index contributed by atoms with van der Waals surface area (Å²) in [5.41, 5.74) is 1.12. The molecule has 0 unspecified atom stereocenters. The fourth-order valence-electron chi connectivity index (χ4n) is 3.60. The quantitative estimate of drug-likeness (QED) is 0.453. The minimum absolute atomic E-state index is 0.0126. The molecule has 3 aromatic carbocycles. The number of sulfone groups is 1. The number of para-hydroxylation sites is 1. The average molecular weight is 486 g/mol. The molecule has 9 heteroatoms. The lowest BCUT2D eigenvalue weighted by Gasteiger charge is -2.29. The van der Waals surface area contributed by atoms with Crippen LogP contribution in [0.3, 0.4) is 0 Å². The Labute approximate surface area is 196 Å². The number of rotatable bonds is 6. The van der Waals surface area contributed by atoms with Gasteiger partial charge in [0.2, 0.25) is 21.4 Å². The summed E-state index contributed by atoms with van der Waals surface area (Å²) < 4.78 is 43.1. The van der Waals surface area contributed by atoms with Gasteiger partial charge in [-0.05, 0) is 36.4 Å². The Morgan fingerprint density at radius 3 is 2.06 bits per heavy atom. The first kappa shape index (κ1) is 22.7. The minimum Gasteiger partial charge on any atom is -0.493 e. The van der Waals surface area contributed by atoms with Crippen molar-refractivity contribution in [3.05, 3.63) is 82.4 Å². The van der Waals surface area contributed by atoms with Crippen molar-refractivity contribution < 1.29 is 27.4 Å². The van der Waals surface area contributed by atoms with E-state index in [-0.39, 0.29) is 15.4 Å². The standard InChI is InChI=1S/C24H20ClNO6S/c1-30-19-12-17(13-20(31-2)24(19)32-3)26-14-22(23(27)15-8-10-16(25)11-9-15)33(28,29)21-7-5-4-6-18(21)26/h4-14H,1-3H3. The van der Waals surface area contributed by atoms with Crippen LogP contribution in [0, 0.1) is 0 Å². The highest BCUT2D eigenvalue weighted by Gasteiger charge is 2.36. The van der Waals surface area contributed by atoms with Crippen molar-refractivity contribution in [1.29, 1.82) is 0 Å². The zero-order chi connectivity index (χ0) is 23.8. The Bertz CT molecular complexity index is 1340. The maximum absolute atomic E-state index is 13.4. The Morgan fingerprint density at radius 1 is 0.879 bits per heavy atom. The zero-order valence-corrected chi connectivity index (χ0v) is 19.6. The number of ether oxygens (including phenoxy) is 3. The van der Waals surface area contributed by atoms with Crippen LogP contribution in [0.15, 0.2) is 76.7 Å². The van der Waals surface area contributed by atoms with Gasteiger partial charge in [-0.15, -0.1) is 0 Å². The summed E-state index contributed by atoms with van der Waals surface area (Å²) in [5.74, 6) is 0.523. The van der Waals surface area contributed by atoms with Gasteiger partial charge in [-0.25, -0.2) is 8.42 Å². The number of methoxy groups -OCH3 is 3. The number of anilines is 2. The molecular formula is C24H20ClNO6S. The molecule has 0 N–H and O–H groups in total. The van der Waals surface area contributed by atoms with Crippen molar-refractivity contribution in [2.24, 2.45) is 0 Å². The topological polar surface area (TPSA) is 82.1 Å². The third-order valence-corrected chi connectivity index (χ3v) is 7.25. The zero-order valence-electron chi connectivity index (χ0n) is 18.0. The van der Waals surface area contributed by atoms with Crippen LogP contribution in [0.1, 0.15) is 10.4 Å². The van der Waals surface area contributed by atoms with Crippen LogP contribution in [0.25, 0.3) is 0 Å². The molecule has 7 nitrogen and oxygen atoms in total. The van der Waals surface area contributed by atoms with Crippen molar-refractivity contribution >= 4 is 38.6 Å². The second-order valence-corrected chi connectivity index (χ2v) is 9.38. The molecule has 1 aliphatic heterocycles. The minimum atomic E-state index is -4.08. The molecule has 0 aliphatic carbocycles. The van der Waals surface area contributed by atoms with Gasteiger partial charge in [0, 0.05) is 28.9 Å². The normalized spacial score (nSPS) is 14.2. The summed E-state index contributed by atoms with van der Waals surface area (Å²) in [6.45, 7) is 0. The molecule has 0 atom stereocenters. The lowest BCUT2D eigenvalue weighted by Crippen LogP contribution is -2.25. The van der Waals surface area contributed by atoms with E-state index in [0.29, 0.717) is 33.6 Å². The number of Topliss-reactive ketones (excluding diaryl/α,β-unsaturated/α-hetero) is 1. The Morgan fingerprint density at radius 2 is 1.48 bits per heavy atom. The van der Waals surface area contributed by atoms with Crippen molar-refractivity contribution in [3.8, 4) is 17.2 Å². The highest BCUT2D eigenvalue weighted by molar-refractivity contribution is 7.96. The van der Waals surface area contributed by atoms with Gasteiger partial charge in [-0.3, -0.25) is 4.79 Å². The summed E-state index contributed by atoms with van der Waals surface area (Å²) in [6.07, 6.45) is 1.31. The van der Waals surface area contributed by atoms with Gasteiger partial charge < -0.3 is 19.1 Å². The van der Waals surface area contributed by atoms with Crippen LogP contribution in [0.5, 0.6) is 17.2 Å². The maximum atomic E-state index is 13.4. The Balaban J connectivity index is 1.95. The summed E-state index contributed by atoms with van der Waals surface area (Å²) >= 11 is 5.92. The predicted octanol–water partition coefficient (Wildman–Crippen LogP) is 5.02. The van der Waals surface area contributed by atoms with Crippen molar-refractivity contribution in [2.75, 3.05) is 26.2 Å². The number of nitrogens with zero attached hydrogens (tertiary/aromatic N) is 1. The van der Waals surface area contributed by atoms with Crippen molar-refractivity contribution in [2.45, 2.75) is 4.90 Å². The molecule has 4 rings (SSSR count). The molecular weight excluding hydrogens is 466 g/mol. The molecule has 0 bridgehead atoms. The fourth-order valence-corrected chi connectivity index (χ4v) is 5.27. The van der Waals surface area contributed by atoms with E-state index >= 15 is 0 Å². The Kier molecular flexibility index (Phi) is 6.05. The number of carbonyl (C=O) groups is 1. The van der Waals surface area contributed by atoms with Crippen molar-refractivity contribution in [3.63, 3.8) is 0 Å². The number of benzene rings is 3. The number of halogens is 1. The largest absolute Gasteiger partial charge is 0.493 e. The molecule has 0 fully saturated rings. The van der Waals surface area contributed by atoms with Gasteiger partial charge in [0.15, 0.2) is 11.5 Å². The third kappa shape index (κ3) is 3.92. The first-order valence-electron chi connectivity index (χ1n) is 9.77. The maximum Gasteiger partial charge on any atom is 0.214 e. The molecule has 0 spiro atoms. The first-order valence-corrected chi connectivity index (χ1v) is 11.6. The monoisotopic (exact) mass is 485 g/mol. The lowest BCUT2D eigenvalue weighted by molar-refractivity contribution is 0.104. The van der Waals surface area contributed by atoms with E-state index in [1.165, 1.54) is 57.9 Å². The van der Waals surface area contributed by atoms with Gasteiger partial charge >= 0.3 is 0 Å². The van der Waals surface area contributed by atoms with Gasteiger partial charge in [0.1, 0.15) is 4.91 Å². The van der Waals surface area contributed by atoms with Gasteiger partial charge in [0.05, 0.1) is 37.6 Å². The highest BCUT2D eigenvalue weighted by Crippen LogP contribution is 2.46. The molecule has 1 heterocycles. The van der Waals surface area contributed by atoms with Crippen LogP contribution < -0.4 is 19.1 Å². The predicted molar refractivity (Wildman–Crippen MR) is 126 cm³/mol. The highest BCUT2D eigenvalue weighted by atomic mass is 35.5.